The van der Waals surface area contributed by atoms with Gasteiger partial charge in [0.1, 0.15) is 5.78 Å². The van der Waals surface area contributed by atoms with Gasteiger partial charge < -0.3 is 4.90 Å². The third kappa shape index (κ3) is 3.19. The SMILES string of the molecule is CC(=O)C1CCN(C(=O)Cc2ccccc2)CC1. The van der Waals surface area contributed by atoms with Crippen molar-refractivity contribution in [1.82, 2.24) is 4.90 Å². The van der Waals surface area contributed by atoms with Crippen molar-refractivity contribution in [3.05, 3.63) is 35.9 Å². The molecule has 1 aliphatic heterocycles. The van der Waals surface area contributed by atoms with E-state index in [9.17, 15) is 9.59 Å². The number of nitrogens with zero attached hydrogens (tertiary/aromatic N) is 1. The van der Waals surface area contributed by atoms with Crippen LogP contribution in [0.15, 0.2) is 30.3 Å². The quantitative estimate of drug-likeness (QED) is 0.817. The molecule has 0 atom stereocenters. The van der Waals surface area contributed by atoms with Gasteiger partial charge in [-0.05, 0) is 25.3 Å². The molecule has 1 fully saturated rings. The highest BCUT2D eigenvalue weighted by atomic mass is 16.2. The summed E-state index contributed by atoms with van der Waals surface area (Å²) in [6, 6.07) is 9.79. The maximum atomic E-state index is 12.1. The molecule has 3 heteroatoms. The molecule has 1 heterocycles. The second-order valence-electron chi connectivity index (χ2n) is 4.93. The van der Waals surface area contributed by atoms with Gasteiger partial charge in [-0.3, -0.25) is 9.59 Å². The van der Waals surface area contributed by atoms with Gasteiger partial charge in [-0.25, -0.2) is 0 Å². The average Bonchev–Trinajstić information content (AvgIpc) is 2.40. The summed E-state index contributed by atoms with van der Waals surface area (Å²) >= 11 is 0. The zero-order chi connectivity index (χ0) is 13.0. The van der Waals surface area contributed by atoms with Crippen molar-refractivity contribution in [3.63, 3.8) is 0 Å². The van der Waals surface area contributed by atoms with Crippen molar-refractivity contribution in [2.45, 2.75) is 26.2 Å². The number of piperidine rings is 1. The van der Waals surface area contributed by atoms with Crippen molar-refractivity contribution in [1.29, 1.82) is 0 Å². The van der Waals surface area contributed by atoms with E-state index < -0.39 is 0 Å². The number of Topliss-reactive ketones (excluding diaryl/α,β-unsaturated/α-hetero) is 1. The normalized spacial score (nSPS) is 16.6. The van der Waals surface area contributed by atoms with E-state index >= 15 is 0 Å². The standard InChI is InChI=1S/C15H19NO2/c1-12(17)14-7-9-16(10-8-14)15(18)11-13-5-3-2-4-6-13/h2-6,14H,7-11H2,1H3. The zero-order valence-corrected chi connectivity index (χ0v) is 10.8. The molecule has 0 radical (unpaired) electrons. The number of hydrogen-bond acceptors (Lipinski definition) is 2. The molecule has 1 aliphatic rings. The number of rotatable bonds is 3. The first-order valence-corrected chi connectivity index (χ1v) is 6.49. The first-order valence-electron chi connectivity index (χ1n) is 6.49. The summed E-state index contributed by atoms with van der Waals surface area (Å²) in [5.41, 5.74) is 1.05. The molecule has 0 bridgehead atoms. The van der Waals surface area contributed by atoms with Crippen LogP contribution in [0, 0.1) is 5.92 Å². The molecule has 0 aliphatic carbocycles. The van der Waals surface area contributed by atoms with Crippen molar-refractivity contribution < 1.29 is 9.59 Å². The monoisotopic (exact) mass is 245 g/mol. The third-order valence-electron chi connectivity index (χ3n) is 3.62. The van der Waals surface area contributed by atoms with Crippen LogP contribution in [0.25, 0.3) is 0 Å². The fraction of sp³-hybridized carbons (Fsp3) is 0.467. The molecule has 1 aromatic carbocycles. The molecule has 0 spiro atoms. The van der Waals surface area contributed by atoms with Crippen molar-refractivity contribution in [2.75, 3.05) is 13.1 Å². The summed E-state index contributed by atoms with van der Waals surface area (Å²) in [6.45, 7) is 3.08. The minimum atomic E-state index is 0.158. The summed E-state index contributed by atoms with van der Waals surface area (Å²) < 4.78 is 0. The molecule has 1 saturated heterocycles. The van der Waals surface area contributed by atoms with Crippen LogP contribution in [0.1, 0.15) is 25.3 Å². The maximum Gasteiger partial charge on any atom is 0.226 e. The summed E-state index contributed by atoms with van der Waals surface area (Å²) in [7, 11) is 0. The van der Waals surface area contributed by atoms with Crippen LogP contribution in [-0.4, -0.2) is 29.7 Å². The highest BCUT2D eigenvalue weighted by Crippen LogP contribution is 2.18. The van der Waals surface area contributed by atoms with Gasteiger partial charge in [-0.15, -0.1) is 0 Å². The van der Waals surface area contributed by atoms with E-state index in [2.05, 4.69) is 0 Å². The lowest BCUT2D eigenvalue weighted by Gasteiger charge is -2.31. The third-order valence-corrected chi connectivity index (χ3v) is 3.62. The molecule has 0 N–H and O–H groups in total. The van der Waals surface area contributed by atoms with Gasteiger partial charge in [0.05, 0.1) is 6.42 Å². The first-order chi connectivity index (χ1) is 8.66. The Morgan fingerprint density at radius 2 is 1.78 bits per heavy atom. The van der Waals surface area contributed by atoms with Crippen LogP contribution in [-0.2, 0) is 16.0 Å². The molecular weight excluding hydrogens is 226 g/mol. The Labute approximate surface area is 108 Å². The van der Waals surface area contributed by atoms with Crippen LogP contribution in [0.2, 0.25) is 0 Å². The lowest BCUT2D eigenvalue weighted by molar-refractivity contribution is -0.134. The number of hydrogen-bond donors (Lipinski definition) is 0. The van der Waals surface area contributed by atoms with Crippen molar-refractivity contribution in [3.8, 4) is 0 Å². The first kappa shape index (κ1) is 12.8. The molecule has 18 heavy (non-hydrogen) atoms. The van der Waals surface area contributed by atoms with Crippen molar-refractivity contribution >= 4 is 11.7 Å². The van der Waals surface area contributed by atoms with E-state index in [1.54, 1.807) is 6.92 Å². The van der Waals surface area contributed by atoms with Gasteiger partial charge in [0.15, 0.2) is 0 Å². The van der Waals surface area contributed by atoms with Crippen LogP contribution >= 0.6 is 0 Å². The molecule has 0 saturated carbocycles. The number of carbonyl (C=O) groups is 2. The number of amides is 1. The second kappa shape index (κ2) is 5.80. The molecule has 3 nitrogen and oxygen atoms in total. The summed E-state index contributed by atoms with van der Waals surface area (Å²) in [5.74, 6) is 0.583. The van der Waals surface area contributed by atoms with Crippen LogP contribution in [0.5, 0.6) is 0 Å². The minimum absolute atomic E-state index is 0.158. The largest absolute Gasteiger partial charge is 0.342 e. The molecule has 0 aromatic heterocycles. The molecule has 2 rings (SSSR count). The van der Waals surface area contributed by atoms with Crippen LogP contribution in [0.3, 0.4) is 0 Å². The van der Waals surface area contributed by atoms with E-state index in [1.165, 1.54) is 0 Å². The van der Waals surface area contributed by atoms with Gasteiger partial charge >= 0.3 is 0 Å². The van der Waals surface area contributed by atoms with E-state index in [0.29, 0.717) is 6.42 Å². The minimum Gasteiger partial charge on any atom is -0.342 e. The average molecular weight is 245 g/mol. The summed E-state index contributed by atoms with van der Waals surface area (Å²) in [4.78, 5) is 25.2. The van der Waals surface area contributed by atoms with Crippen LogP contribution < -0.4 is 0 Å². The molecule has 0 unspecified atom stereocenters. The number of ketones is 1. The highest BCUT2D eigenvalue weighted by Gasteiger charge is 2.24. The van der Waals surface area contributed by atoms with Gasteiger partial charge in [-0.2, -0.15) is 0 Å². The van der Waals surface area contributed by atoms with Gasteiger partial charge in [0.2, 0.25) is 5.91 Å². The second-order valence-corrected chi connectivity index (χ2v) is 4.93. The fourth-order valence-electron chi connectivity index (χ4n) is 2.42. The summed E-state index contributed by atoms with van der Waals surface area (Å²) in [6.07, 6.45) is 2.09. The highest BCUT2D eigenvalue weighted by molar-refractivity contribution is 5.80. The van der Waals surface area contributed by atoms with Gasteiger partial charge in [-0.1, -0.05) is 30.3 Å². The van der Waals surface area contributed by atoms with Gasteiger partial charge in [0.25, 0.3) is 0 Å². The maximum absolute atomic E-state index is 12.1. The Bertz CT molecular complexity index is 419. The van der Waals surface area contributed by atoms with Crippen molar-refractivity contribution in [2.24, 2.45) is 5.92 Å². The zero-order valence-electron chi connectivity index (χ0n) is 10.8. The number of benzene rings is 1. The van der Waals surface area contributed by atoms with E-state index in [-0.39, 0.29) is 17.6 Å². The summed E-state index contributed by atoms with van der Waals surface area (Å²) in [5, 5.41) is 0. The lowest BCUT2D eigenvalue weighted by atomic mass is 9.93. The number of carbonyl (C=O) groups excluding carboxylic acids is 2. The Morgan fingerprint density at radius 1 is 1.17 bits per heavy atom. The van der Waals surface area contributed by atoms with E-state index in [4.69, 9.17) is 0 Å². The number of likely N-dealkylation sites (tertiary alicyclic amines) is 1. The van der Waals surface area contributed by atoms with E-state index in [1.807, 2.05) is 35.2 Å². The van der Waals surface area contributed by atoms with E-state index in [0.717, 1.165) is 31.5 Å². The Hall–Kier alpha value is -1.64. The predicted octanol–water partition coefficient (Wildman–Crippen LogP) is 2.06. The Kier molecular flexibility index (Phi) is 4.13. The topological polar surface area (TPSA) is 37.4 Å². The molecule has 1 amide bonds. The predicted molar refractivity (Wildman–Crippen MR) is 70.1 cm³/mol. The Morgan fingerprint density at radius 3 is 2.33 bits per heavy atom. The lowest BCUT2D eigenvalue weighted by Crippen LogP contribution is -2.40. The smallest absolute Gasteiger partial charge is 0.226 e. The van der Waals surface area contributed by atoms with Crippen LogP contribution in [0.4, 0.5) is 0 Å². The molecule has 96 valence electrons. The van der Waals surface area contributed by atoms with Gasteiger partial charge in [0, 0.05) is 19.0 Å². The Balaban J connectivity index is 1.86. The fourth-order valence-corrected chi connectivity index (χ4v) is 2.42. The molecular formula is C15H19NO2. The molecule has 1 aromatic rings.